The molecule has 0 spiro atoms. The Labute approximate surface area is 92.5 Å². The molecule has 0 N–H and O–H groups in total. The van der Waals surface area contributed by atoms with E-state index in [2.05, 4.69) is 29.8 Å². The van der Waals surface area contributed by atoms with Crippen LogP contribution in [-0.4, -0.2) is 20.8 Å². The molecule has 0 bridgehead atoms. The highest BCUT2D eigenvalue weighted by Gasteiger charge is 2.30. The van der Waals surface area contributed by atoms with Gasteiger partial charge in [0, 0.05) is 12.4 Å². The zero-order valence-corrected chi connectivity index (χ0v) is 11.8. The van der Waals surface area contributed by atoms with E-state index in [1.54, 1.807) is 0 Å². The maximum Gasteiger partial charge on any atom is 0.192 e. The molecule has 0 aromatic rings. The fraction of sp³-hybridized carbons (Fsp3) is 1.00. The van der Waals surface area contributed by atoms with Gasteiger partial charge in [0.2, 0.25) is 0 Å². The molecule has 0 saturated carbocycles. The lowest BCUT2D eigenvalue weighted by atomic mass is 10.5. The summed E-state index contributed by atoms with van der Waals surface area (Å²) in [5, 5.41) is 1.12. The van der Waals surface area contributed by atoms with Gasteiger partial charge in [0.15, 0.2) is 8.32 Å². The van der Waals surface area contributed by atoms with Gasteiger partial charge in [-0.3, -0.25) is 0 Å². The first-order valence-electron chi connectivity index (χ1n) is 5.35. The van der Waals surface area contributed by atoms with Crippen LogP contribution >= 0.6 is 15.9 Å². The highest BCUT2D eigenvalue weighted by Crippen LogP contribution is 2.26. The first-order chi connectivity index (χ1) is 6.24. The van der Waals surface area contributed by atoms with Gasteiger partial charge >= 0.3 is 0 Å². The van der Waals surface area contributed by atoms with Crippen LogP contribution in [0.5, 0.6) is 0 Å². The fourth-order valence-electron chi connectivity index (χ4n) is 1.98. The number of hydrogen-bond donors (Lipinski definition) is 0. The Balaban J connectivity index is 4.07. The van der Waals surface area contributed by atoms with E-state index in [1.807, 2.05) is 7.11 Å². The summed E-state index contributed by atoms with van der Waals surface area (Å²) in [6, 6.07) is 4.01. The monoisotopic (exact) mass is 266 g/mol. The second-order valence-electron chi connectivity index (χ2n) is 3.68. The Morgan fingerprint density at radius 1 is 1.08 bits per heavy atom. The number of rotatable bonds is 8. The maximum absolute atomic E-state index is 5.84. The van der Waals surface area contributed by atoms with E-state index in [0.29, 0.717) is 0 Å². The largest absolute Gasteiger partial charge is 0.420 e. The van der Waals surface area contributed by atoms with Crippen molar-refractivity contribution in [2.45, 2.75) is 51.2 Å². The molecule has 1 nitrogen and oxygen atoms in total. The van der Waals surface area contributed by atoms with Gasteiger partial charge in [-0.1, -0.05) is 42.6 Å². The third kappa shape index (κ3) is 5.18. The zero-order chi connectivity index (χ0) is 10.2. The zero-order valence-electron chi connectivity index (χ0n) is 9.24. The third-order valence-electron chi connectivity index (χ3n) is 2.61. The van der Waals surface area contributed by atoms with Crippen molar-refractivity contribution < 1.29 is 4.43 Å². The van der Waals surface area contributed by atoms with E-state index < -0.39 is 8.32 Å². The highest BCUT2D eigenvalue weighted by molar-refractivity contribution is 9.09. The molecule has 3 heteroatoms. The summed E-state index contributed by atoms with van der Waals surface area (Å²) in [5.41, 5.74) is 0. The molecule has 0 heterocycles. The van der Waals surface area contributed by atoms with Crippen molar-refractivity contribution in [3.8, 4) is 0 Å². The van der Waals surface area contributed by atoms with E-state index in [4.69, 9.17) is 4.43 Å². The number of halogens is 1. The lowest BCUT2D eigenvalue weighted by Gasteiger charge is -2.29. The second-order valence-corrected chi connectivity index (χ2v) is 8.75. The SMILES string of the molecule is CCC[Si](CCC)(CCCBr)OC. The Morgan fingerprint density at radius 3 is 1.92 bits per heavy atom. The average molecular weight is 267 g/mol. The quantitative estimate of drug-likeness (QED) is 0.473. The Hall–Kier alpha value is 0.657. The van der Waals surface area contributed by atoms with Crippen molar-refractivity contribution in [1.29, 1.82) is 0 Å². The molecule has 0 saturated heterocycles. The minimum atomic E-state index is -1.32. The summed E-state index contributed by atoms with van der Waals surface area (Å²) in [7, 11) is 0.602. The minimum absolute atomic E-state index is 1.12. The van der Waals surface area contributed by atoms with E-state index in [1.165, 1.54) is 37.4 Å². The van der Waals surface area contributed by atoms with Crippen LogP contribution in [0.4, 0.5) is 0 Å². The van der Waals surface area contributed by atoms with Crippen LogP contribution in [0.15, 0.2) is 0 Å². The van der Waals surface area contributed by atoms with Crippen molar-refractivity contribution in [1.82, 2.24) is 0 Å². The molecule has 80 valence electrons. The summed E-state index contributed by atoms with van der Waals surface area (Å²) in [5.74, 6) is 0. The number of alkyl halides is 1. The van der Waals surface area contributed by atoms with Gasteiger partial charge in [-0.25, -0.2) is 0 Å². The Kier molecular flexibility index (Phi) is 8.41. The molecule has 0 amide bonds. The van der Waals surface area contributed by atoms with Crippen LogP contribution in [0.2, 0.25) is 18.1 Å². The van der Waals surface area contributed by atoms with Gasteiger partial charge in [-0.15, -0.1) is 0 Å². The number of hydrogen-bond acceptors (Lipinski definition) is 1. The predicted molar refractivity (Wildman–Crippen MR) is 66.2 cm³/mol. The molecule has 0 atom stereocenters. The molecule has 0 aliphatic rings. The normalized spacial score (nSPS) is 12.0. The molecule has 0 aromatic heterocycles. The van der Waals surface area contributed by atoms with Crippen LogP contribution in [0.25, 0.3) is 0 Å². The summed E-state index contributed by atoms with van der Waals surface area (Å²) in [6.45, 7) is 4.54. The van der Waals surface area contributed by atoms with Crippen LogP contribution in [0, 0.1) is 0 Å². The maximum atomic E-state index is 5.84. The highest BCUT2D eigenvalue weighted by atomic mass is 79.9. The van der Waals surface area contributed by atoms with Gasteiger partial charge in [-0.05, 0) is 24.6 Å². The van der Waals surface area contributed by atoms with E-state index in [0.717, 1.165) is 5.33 Å². The Bertz CT molecular complexity index is 113. The molecular formula is C10H23BrOSi. The molecule has 0 aliphatic carbocycles. The van der Waals surface area contributed by atoms with E-state index in [-0.39, 0.29) is 0 Å². The molecule has 0 radical (unpaired) electrons. The van der Waals surface area contributed by atoms with Crippen molar-refractivity contribution in [2.75, 3.05) is 12.4 Å². The van der Waals surface area contributed by atoms with Gasteiger partial charge < -0.3 is 4.43 Å². The summed E-state index contributed by atoms with van der Waals surface area (Å²) in [6.07, 6.45) is 3.84. The minimum Gasteiger partial charge on any atom is -0.420 e. The van der Waals surface area contributed by atoms with Crippen molar-refractivity contribution >= 4 is 24.2 Å². The first-order valence-corrected chi connectivity index (χ1v) is 9.01. The second kappa shape index (κ2) is 8.01. The van der Waals surface area contributed by atoms with Gasteiger partial charge in [-0.2, -0.15) is 0 Å². The lowest BCUT2D eigenvalue weighted by Crippen LogP contribution is -2.36. The van der Waals surface area contributed by atoms with E-state index in [9.17, 15) is 0 Å². The molecular weight excluding hydrogens is 244 g/mol. The van der Waals surface area contributed by atoms with Crippen LogP contribution in [0.1, 0.15) is 33.1 Å². The molecule has 0 aliphatic heterocycles. The summed E-state index contributed by atoms with van der Waals surface area (Å²) in [4.78, 5) is 0. The fourth-order valence-corrected chi connectivity index (χ4v) is 6.79. The van der Waals surface area contributed by atoms with E-state index >= 15 is 0 Å². The summed E-state index contributed by atoms with van der Waals surface area (Å²) < 4.78 is 5.84. The van der Waals surface area contributed by atoms with Gasteiger partial charge in [0.05, 0.1) is 0 Å². The lowest BCUT2D eigenvalue weighted by molar-refractivity contribution is 0.386. The van der Waals surface area contributed by atoms with Gasteiger partial charge in [0.25, 0.3) is 0 Å². The molecule has 13 heavy (non-hydrogen) atoms. The topological polar surface area (TPSA) is 9.23 Å². The van der Waals surface area contributed by atoms with Gasteiger partial charge in [0.1, 0.15) is 0 Å². The average Bonchev–Trinajstić information content (AvgIpc) is 2.15. The Morgan fingerprint density at radius 2 is 1.62 bits per heavy atom. The summed E-state index contributed by atoms with van der Waals surface area (Å²) >= 11 is 3.50. The molecule has 0 unspecified atom stereocenters. The predicted octanol–water partition coefficient (Wildman–Crippen LogP) is 4.18. The van der Waals surface area contributed by atoms with Crippen molar-refractivity contribution in [3.05, 3.63) is 0 Å². The van der Waals surface area contributed by atoms with Crippen LogP contribution in [0.3, 0.4) is 0 Å². The standard InChI is InChI=1S/C10H23BrOSi/c1-4-8-13(12-3,9-5-2)10-6-7-11/h4-10H2,1-3H3. The molecule has 0 fully saturated rings. The smallest absolute Gasteiger partial charge is 0.192 e. The first kappa shape index (κ1) is 13.7. The van der Waals surface area contributed by atoms with Crippen molar-refractivity contribution in [3.63, 3.8) is 0 Å². The molecule has 0 aromatic carbocycles. The van der Waals surface area contributed by atoms with Crippen LogP contribution < -0.4 is 0 Å². The third-order valence-corrected chi connectivity index (χ3v) is 8.12. The van der Waals surface area contributed by atoms with Crippen LogP contribution in [-0.2, 0) is 4.43 Å². The molecule has 0 rings (SSSR count). The van der Waals surface area contributed by atoms with Crippen molar-refractivity contribution in [2.24, 2.45) is 0 Å².